The largest absolute Gasteiger partial charge is 0.341 e. The van der Waals surface area contributed by atoms with E-state index in [4.69, 9.17) is 33.2 Å². The molecule has 0 saturated heterocycles. The first-order valence-corrected chi connectivity index (χ1v) is 8.98. The van der Waals surface area contributed by atoms with E-state index >= 15 is 0 Å². The summed E-state index contributed by atoms with van der Waals surface area (Å²) in [4.78, 5) is 0. The third kappa shape index (κ3) is 10.8. The van der Waals surface area contributed by atoms with Crippen LogP contribution in [0.15, 0.2) is 12.7 Å². The van der Waals surface area contributed by atoms with Gasteiger partial charge in [0.15, 0.2) is 0 Å². The fourth-order valence-electron chi connectivity index (χ4n) is 0.791. The van der Waals surface area contributed by atoms with Gasteiger partial charge in [-0.15, -0.1) is 39.8 Å². The van der Waals surface area contributed by atoms with E-state index in [2.05, 4.69) is 6.58 Å². The number of halogens is 3. The number of allylic oxidation sites excluding steroid dienone is 1. The number of rotatable bonds is 6. The summed E-state index contributed by atoms with van der Waals surface area (Å²) in [6.45, 7) is 3.64. The van der Waals surface area contributed by atoms with Crippen molar-refractivity contribution in [2.24, 2.45) is 0 Å². The van der Waals surface area contributed by atoms with Gasteiger partial charge in [-0.25, -0.2) is 0 Å². The summed E-state index contributed by atoms with van der Waals surface area (Å²) in [5.41, 5.74) is 0. The third-order valence-electron chi connectivity index (χ3n) is 1.37. The highest BCUT2D eigenvalue weighted by Gasteiger charge is 2.23. The molecule has 0 unspecified atom stereocenters. The van der Waals surface area contributed by atoms with Gasteiger partial charge in [-0.1, -0.05) is 18.9 Å². The molecule has 0 amide bonds. The van der Waals surface area contributed by atoms with Crippen LogP contribution in [0.3, 0.4) is 0 Å². The molecule has 0 nitrogen and oxygen atoms in total. The van der Waals surface area contributed by atoms with Crippen LogP contribution in [0, 0.1) is 0 Å². The number of hydrogen-bond donors (Lipinski definition) is 0. The summed E-state index contributed by atoms with van der Waals surface area (Å²) >= 11 is 17.1. The summed E-state index contributed by atoms with van der Waals surface area (Å²) in [5.74, 6) is 0. The lowest BCUT2D eigenvalue weighted by atomic mass is 10.2. The molecule has 0 radical (unpaired) electrons. The monoisotopic (exact) mass is 230 g/mol. The SMILES string of the molecule is C=CCCCCC[Si](Cl)(Cl)Cl. The highest BCUT2D eigenvalue weighted by molar-refractivity contribution is 7.64. The van der Waals surface area contributed by atoms with Crippen molar-refractivity contribution in [1.29, 1.82) is 0 Å². The van der Waals surface area contributed by atoms with Crippen LogP contribution < -0.4 is 0 Å². The van der Waals surface area contributed by atoms with E-state index in [0.717, 1.165) is 25.3 Å². The molecule has 4 heteroatoms. The van der Waals surface area contributed by atoms with Gasteiger partial charge in [0.05, 0.1) is 0 Å². The minimum absolute atomic E-state index is 0.787. The van der Waals surface area contributed by atoms with Gasteiger partial charge < -0.3 is 0 Å². The van der Waals surface area contributed by atoms with Crippen molar-refractivity contribution in [3.8, 4) is 0 Å². The quantitative estimate of drug-likeness (QED) is 0.275. The van der Waals surface area contributed by atoms with Gasteiger partial charge in [-0.2, -0.15) is 0 Å². The van der Waals surface area contributed by atoms with Crippen molar-refractivity contribution in [2.45, 2.75) is 31.7 Å². The first kappa shape index (κ1) is 11.8. The molecule has 0 saturated carbocycles. The predicted octanol–water partition coefficient (Wildman–Crippen LogP) is 4.39. The van der Waals surface area contributed by atoms with Crippen LogP contribution >= 0.6 is 33.2 Å². The van der Waals surface area contributed by atoms with Crippen LogP contribution in [0.4, 0.5) is 0 Å². The zero-order valence-corrected chi connectivity index (χ0v) is 9.72. The Labute approximate surface area is 83.6 Å². The Morgan fingerprint density at radius 2 is 1.73 bits per heavy atom. The fourth-order valence-corrected chi connectivity index (χ4v) is 2.64. The molecular weight excluding hydrogens is 219 g/mol. The van der Waals surface area contributed by atoms with E-state index in [1.54, 1.807) is 0 Å². The molecule has 0 aliphatic carbocycles. The lowest BCUT2D eigenvalue weighted by Crippen LogP contribution is -2.07. The maximum Gasteiger partial charge on any atom is 0.341 e. The molecule has 0 aromatic carbocycles. The van der Waals surface area contributed by atoms with Crippen molar-refractivity contribution >= 4 is 39.2 Å². The molecule has 0 bridgehead atoms. The first-order chi connectivity index (χ1) is 5.06. The van der Waals surface area contributed by atoms with Crippen molar-refractivity contribution in [3.63, 3.8) is 0 Å². The van der Waals surface area contributed by atoms with Gasteiger partial charge in [0, 0.05) is 0 Å². The first-order valence-electron chi connectivity index (χ1n) is 3.74. The summed E-state index contributed by atoms with van der Waals surface area (Å²) < 4.78 is 0. The molecule has 0 fully saturated rings. The average molecular weight is 232 g/mol. The van der Waals surface area contributed by atoms with Gasteiger partial charge in [0.1, 0.15) is 0 Å². The van der Waals surface area contributed by atoms with Gasteiger partial charge in [-0.05, 0) is 18.9 Å². The standard InChI is InChI=1S/C7H13Cl3Si/c1-2-3-4-5-6-7-11(8,9)10/h2H,1,3-7H2. The highest BCUT2D eigenvalue weighted by atomic mass is 35.8. The van der Waals surface area contributed by atoms with Crippen LogP contribution in [0.2, 0.25) is 6.04 Å². The molecule has 11 heavy (non-hydrogen) atoms. The maximum absolute atomic E-state index is 5.70. The number of unbranched alkanes of at least 4 members (excludes halogenated alkanes) is 3. The van der Waals surface area contributed by atoms with Gasteiger partial charge in [-0.3, -0.25) is 0 Å². The lowest BCUT2D eigenvalue weighted by molar-refractivity contribution is 0.727. The maximum atomic E-state index is 5.70. The summed E-state index contributed by atoms with van der Waals surface area (Å²) in [5, 5.41) is 0. The van der Waals surface area contributed by atoms with Crippen LogP contribution in [-0.2, 0) is 0 Å². The van der Waals surface area contributed by atoms with E-state index in [1.807, 2.05) is 6.08 Å². The molecule has 0 atom stereocenters. The Morgan fingerprint density at radius 1 is 1.09 bits per heavy atom. The third-order valence-corrected chi connectivity index (χ3v) is 3.99. The van der Waals surface area contributed by atoms with Crippen molar-refractivity contribution < 1.29 is 0 Å². The van der Waals surface area contributed by atoms with Crippen molar-refractivity contribution in [1.82, 2.24) is 0 Å². The minimum atomic E-state index is -2.33. The highest BCUT2D eigenvalue weighted by Crippen LogP contribution is 2.27. The van der Waals surface area contributed by atoms with Gasteiger partial charge in [0.2, 0.25) is 0 Å². The smallest absolute Gasteiger partial charge is 0.126 e. The molecule has 0 aliphatic rings. The van der Waals surface area contributed by atoms with Crippen LogP contribution in [0.5, 0.6) is 0 Å². The number of hydrogen-bond acceptors (Lipinski definition) is 0. The zero-order valence-electron chi connectivity index (χ0n) is 6.45. The van der Waals surface area contributed by atoms with Crippen LogP contribution in [0.25, 0.3) is 0 Å². The molecule has 0 aromatic heterocycles. The summed E-state index contributed by atoms with van der Waals surface area (Å²) in [6, 6.07) is -1.54. The Bertz CT molecular complexity index is 109. The molecule has 66 valence electrons. The lowest BCUT2D eigenvalue weighted by Gasteiger charge is -2.05. The molecular formula is C7H13Cl3Si. The predicted molar refractivity (Wildman–Crippen MR) is 56.8 cm³/mol. The van der Waals surface area contributed by atoms with Crippen molar-refractivity contribution in [2.75, 3.05) is 0 Å². The van der Waals surface area contributed by atoms with E-state index in [0.29, 0.717) is 0 Å². The van der Waals surface area contributed by atoms with E-state index in [9.17, 15) is 0 Å². The van der Waals surface area contributed by atoms with E-state index in [1.165, 1.54) is 6.42 Å². The normalized spacial score (nSPS) is 11.5. The van der Waals surface area contributed by atoms with E-state index < -0.39 is 6.00 Å². The molecule has 0 rings (SSSR count). The van der Waals surface area contributed by atoms with Crippen LogP contribution in [-0.4, -0.2) is 6.00 Å². The minimum Gasteiger partial charge on any atom is -0.126 e. The second-order valence-corrected chi connectivity index (χ2v) is 11.8. The Morgan fingerprint density at radius 3 is 2.18 bits per heavy atom. The zero-order chi connectivity index (χ0) is 8.74. The second kappa shape index (κ2) is 6.35. The van der Waals surface area contributed by atoms with E-state index in [-0.39, 0.29) is 0 Å². The molecule has 0 aromatic rings. The Kier molecular flexibility index (Phi) is 6.83. The van der Waals surface area contributed by atoms with Gasteiger partial charge >= 0.3 is 6.00 Å². The molecule has 0 aliphatic heterocycles. The summed E-state index contributed by atoms with van der Waals surface area (Å²) in [7, 11) is 0. The molecule has 0 N–H and O–H groups in total. The molecule has 0 heterocycles. The second-order valence-electron chi connectivity index (χ2n) is 2.50. The van der Waals surface area contributed by atoms with Crippen LogP contribution in [0.1, 0.15) is 25.7 Å². The topological polar surface area (TPSA) is 0 Å². The Balaban J connectivity index is 3.08. The summed E-state index contributed by atoms with van der Waals surface area (Å²) in [6.07, 6.45) is 6.34. The Hall–Kier alpha value is 0.827. The fraction of sp³-hybridized carbons (Fsp3) is 0.714. The molecule has 0 spiro atoms. The average Bonchev–Trinajstić information content (AvgIpc) is 1.85. The van der Waals surface area contributed by atoms with Crippen molar-refractivity contribution in [3.05, 3.63) is 12.7 Å². The van der Waals surface area contributed by atoms with Gasteiger partial charge in [0.25, 0.3) is 0 Å².